The van der Waals surface area contributed by atoms with Crippen molar-refractivity contribution >= 4 is 23.7 Å². The van der Waals surface area contributed by atoms with E-state index in [1.807, 2.05) is 36.2 Å². The third-order valence-electron chi connectivity index (χ3n) is 6.31. The minimum absolute atomic E-state index is 0.0832. The average molecular weight is 449 g/mol. The Kier molecular flexibility index (Phi) is 8.78. The highest BCUT2D eigenvalue weighted by Gasteiger charge is 2.41. The fourth-order valence-corrected chi connectivity index (χ4v) is 4.63. The molecule has 0 atom stereocenters. The van der Waals surface area contributed by atoms with Crippen molar-refractivity contribution in [1.29, 1.82) is 0 Å². The van der Waals surface area contributed by atoms with Gasteiger partial charge in [-0.25, -0.2) is 4.98 Å². The van der Waals surface area contributed by atoms with Gasteiger partial charge in [-0.15, -0.1) is 0 Å². The molecular weight excluding hydrogens is 412 g/mol. The number of nitrogens with zero attached hydrogens (tertiary/aromatic N) is 2. The summed E-state index contributed by atoms with van der Waals surface area (Å²) in [7, 11) is 1.87. The van der Waals surface area contributed by atoms with Gasteiger partial charge in [0, 0.05) is 19.8 Å². The molecule has 1 fully saturated rings. The maximum Gasteiger partial charge on any atom is 0.242 e. The molecule has 0 bridgehead atoms. The van der Waals surface area contributed by atoms with Crippen molar-refractivity contribution in [2.24, 2.45) is 0 Å². The summed E-state index contributed by atoms with van der Waals surface area (Å²) in [6.07, 6.45) is 10.9. The first-order valence-corrected chi connectivity index (χ1v) is 12.0. The standard InChI is InChI=1S/C27H36N4O2/c1-4-22-14-13-21(19-23(22)20-25(32)30-24-12-6-9-17-28-24)11-10-18-31(3)26(33)27(29-5-2)15-7-8-16-27/h6,9-14,17,19,29H,4-5,7-8,15-16,18,20H2,1-3H3,(H,28,30,32)/b11-10+. The number of aromatic nitrogens is 1. The average Bonchev–Trinajstić information content (AvgIpc) is 3.29. The van der Waals surface area contributed by atoms with Gasteiger partial charge in [0.2, 0.25) is 11.8 Å². The van der Waals surface area contributed by atoms with Gasteiger partial charge >= 0.3 is 0 Å². The summed E-state index contributed by atoms with van der Waals surface area (Å²) in [5.41, 5.74) is 2.80. The van der Waals surface area contributed by atoms with Crippen molar-refractivity contribution in [1.82, 2.24) is 15.2 Å². The van der Waals surface area contributed by atoms with Crippen LogP contribution in [0.5, 0.6) is 0 Å². The molecule has 3 rings (SSSR count). The van der Waals surface area contributed by atoms with Crippen LogP contribution in [0, 0.1) is 0 Å². The molecule has 2 N–H and O–H groups in total. The normalized spacial score (nSPS) is 15.0. The number of hydrogen-bond donors (Lipinski definition) is 2. The summed E-state index contributed by atoms with van der Waals surface area (Å²) in [6, 6.07) is 11.7. The Labute approximate surface area is 197 Å². The molecule has 1 heterocycles. The number of pyridine rings is 1. The van der Waals surface area contributed by atoms with Crippen LogP contribution in [0.2, 0.25) is 0 Å². The maximum atomic E-state index is 13.1. The number of nitrogens with one attached hydrogen (secondary N) is 2. The van der Waals surface area contributed by atoms with Crippen LogP contribution >= 0.6 is 0 Å². The lowest BCUT2D eigenvalue weighted by molar-refractivity contribution is -0.136. The number of carbonyl (C=O) groups excluding carboxylic acids is 2. The minimum Gasteiger partial charge on any atom is -0.340 e. The molecular formula is C27H36N4O2. The number of anilines is 1. The molecule has 2 amide bonds. The Morgan fingerprint density at radius 1 is 1.12 bits per heavy atom. The minimum atomic E-state index is -0.395. The zero-order chi connectivity index (χ0) is 23.7. The molecule has 2 aromatic rings. The topological polar surface area (TPSA) is 74.3 Å². The number of benzene rings is 1. The highest BCUT2D eigenvalue weighted by Crippen LogP contribution is 2.31. The van der Waals surface area contributed by atoms with E-state index in [-0.39, 0.29) is 11.8 Å². The van der Waals surface area contributed by atoms with Gasteiger partial charge in [-0.1, -0.05) is 63.1 Å². The lowest BCUT2D eigenvalue weighted by Gasteiger charge is -2.32. The van der Waals surface area contributed by atoms with Gasteiger partial charge in [0.25, 0.3) is 0 Å². The van der Waals surface area contributed by atoms with E-state index >= 15 is 0 Å². The highest BCUT2D eigenvalue weighted by atomic mass is 16.2. The molecule has 33 heavy (non-hydrogen) atoms. The third-order valence-corrected chi connectivity index (χ3v) is 6.31. The fraction of sp³-hybridized carbons (Fsp3) is 0.444. The molecule has 6 nitrogen and oxygen atoms in total. The molecule has 0 saturated heterocycles. The van der Waals surface area contributed by atoms with Crippen molar-refractivity contribution in [2.45, 2.75) is 57.9 Å². The van der Waals surface area contributed by atoms with Crippen LogP contribution in [0.25, 0.3) is 6.08 Å². The van der Waals surface area contributed by atoms with Crippen molar-refractivity contribution in [3.8, 4) is 0 Å². The number of rotatable bonds is 10. The molecule has 1 aromatic heterocycles. The summed E-state index contributed by atoms with van der Waals surface area (Å²) in [4.78, 5) is 31.6. The van der Waals surface area contributed by atoms with E-state index in [1.165, 1.54) is 0 Å². The summed E-state index contributed by atoms with van der Waals surface area (Å²) in [5.74, 6) is 0.654. The molecule has 176 valence electrons. The van der Waals surface area contributed by atoms with E-state index in [0.29, 0.717) is 18.8 Å². The lowest BCUT2D eigenvalue weighted by Crippen LogP contribution is -2.55. The Hall–Kier alpha value is -2.99. The SMILES string of the molecule is CCNC1(C(=O)N(C)C/C=C/c2ccc(CC)c(CC(=O)Nc3ccccn3)c2)CCCC1. The molecule has 0 radical (unpaired) electrons. The van der Waals surface area contributed by atoms with Crippen LogP contribution in [-0.4, -0.2) is 47.4 Å². The Bertz CT molecular complexity index is 965. The van der Waals surface area contributed by atoms with Crippen molar-refractivity contribution in [3.63, 3.8) is 0 Å². The number of likely N-dealkylation sites (N-methyl/N-ethyl adjacent to an activating group) is 2. The Morgan fingerprint density at radius 3 is 2.58 bits per heavy atom. The van der Waals surface area contributed by atoms with Gasteiger partial charge in [-0.05, 0) is 54.6 Å². The number of hydrogen-bond acceptors (Lipinski definition) is 4. The first-order valence-electron chi connectivity index (χ1n) is 12.0. The largest absolute Gasteiger partial charge is 0.340 e. The Morgan fingerprint density at radius 2 is 1.91 bits per heavy atom. The van der Waals surface area contributed by atoms with Crippen LogP contribution in [0.4, 0.5) is 5.82 Å². The van der Waals surface area contributed by atoms with Crippen molar-refractivity contribution in [3.05, 3.63) is 65.4 Å². The monoisotopic (exact) mass is 448 g/mol. The summed E-state index contributed by atoms with van der Waals surface area (Å²) >= 11 is 0. The van der Waals surface area contributed by atoms with Crippen molar-refractivity contribution < 1.29 is 9.59 Å². The second kappa shape index (κ2) is 11.8. The fourth-order valence-electron chi connectivity index (χ4n) is 4.63. The molecule has 0 unspecified atom stereocenters. The van der Waals surface area contributed by atoms with E-state index < -0.39 is 5.54 Å². The molecule has 1 saturated carbocycles. The van der Waals surface area contributed by atoms with Gasteiger partial charge in [-0.3, -0.25) is 9.59 Å². The van der Waals surface area contributed by atoms with E-state index in [1.54, 1.807) is 12.3 Å². The van der Waals surface area contributed by atoms with Crippen LogP contribution in [-0.2, 0) is 22.4 Å². The maximum absolute atomic E-state index is 13.1. The molecule has 1 aliphatic carbocycles. The Balaban J connectivity index is 1.63. The van der Waals surface area contributed by atoms with Gasteiger partial charge < -0.3 is 15.5 Å². The summed E-state index contributed by atoms with van der Waals surface area (Å²) in [6.45, 7) is 5.50. The highest BCUT2D eigenvalue weighted by molar-refractivity contribution is 5.91. The predicted octanol–water partition coefficient (Wildman–Crippen LogP) is 4.22. The third kappa shape index (κ3) is 6.51. The lowest BCUT2D eigenvalue weighted by atomic mass is 9.95. The number of aryl methyl sites for hydroxylation is 1. The van der Waals surface area contributed by atoms with Gasteiger partial charge in [0.1, 0.15) is 5.82 Å². The van der Waals surface area contributed by atoms with Gasteiger partial charge in [0.15, 0.2) is 0 Å². The first kappa shape index (κ1) is 24.6. The summed E-state index contributed by atoms with van der Waals surface area (Å²) in [5, 5.41) is 6.30. The van der Waals surface area contributed by atoms with Crippen molar-refractivity contribution in [2.75, 3.05) is 25.5 Å². The summed E-state index contributed by atoms with van der Waals surface area (Å²) < 4.78 is 0. The van der Waals surface area contributed by atoms with E-state index in [9.17, 15) is 9.59 Å². The number of carbonyl (C=O) groups is 2. The molecule has 1 aromatic carbocycles. The van der Waals surface area contributed by atoms with Gasteiger partial charge in [-0.2, -0.15) is 0 Å². The molecule has 0 spiro atoms. The second-order valence-corrected chi connectivity index (χ2v) is 8.73. The smallest absolute Gasteiger partial charge is 0.242 e. The van der Waals surface area contributed by atoms with Crippen LogP contribution in [0.15, 0.2) is 48.7 Å². The molecule has 1 aliphatic rings. The van der Waals surface area contributed by atoms with Gasteiger partial charge in [0.05, 0.1) is 12.0 Å². The second-order valence-electron chi connectivity index (χ2n) is 8.73. The zero-order valence-corrected chi connectivity index (χ0v) is 20.1. The van der Waals surface area contributed by atoms with Crippen LogP contribution in [0.3, 0.4) is 0 Å². The molecule has 0 aliphatic heterocycles. The molecule has 6 heteroatoms. The number of amides is 2. The van der Waals surface area contributed by atoms with Crippen LogP contribution in [0.1, 0.15) is 56.2 Å². The van der Waals surface area contributed by atoms with E-state index in [4.69, 9.17) is 0 Å². The van der Waals surface area contributed by atoms with Crippen LogP contribution < -0.4 is 10.6 Å². The first-order chi connectivity index (χ1) is 16.0. The quantitative estimate of drug-likeness (QED) is 0.571. The van der Waals surface area contributed by atoms with E-state index in [0.717, 1.165) is 55.3 Å². The zero-order valence-electron chi connectivity index (χ0n) is 20.1. The van der Waals surface area contributed by atoms with E-state index in [2.05, 4.69) is 47.7 Å². The predicted molar refractivity (Wildman–Crippen MR) is 134 cm³/mol.